The van der Waals surface area contributed by atoms with E-state index in [0.29, 0.717) is 16.3 Å². The molecule has 2 heterocycles. The van der Waals surface area contributed by atoms with Gasteiger partial charge in [0.15, 0.2) is 10.9 Å². The van der Waals surface area contributed by atoms with Gasteiger partial charge in [-0.2, -0.15) is 5.10 Å². The van der Waals surface area contributed by atoms with E-state index in [1.54, 1.807) is 6.20 Å². The number of halogens is 1. The summed E-state index contributed by atoms with van der Waals surface area (Å²) in [4.78, 5) is 2.18. The zero-order valence-corrected chi connectivity index (χ0v) is 10.00. The number of aromatic nitrogens is 2. The Labute approximate surface area is 99.6 Å². The molecule has 1 aliphatic carbocycles. The lowest BCUT2D eigenvalue weighted by molar-refractivity contribution is 0.0723. The normalized spacial score (nSPS) is 22.0. The highest BCUT2D eigenvalue weighted by Crippen LogP contribution is 2.46. The number of fused-ring (bicyclic) bond motifs is 1. The van der Waals surface area contributed by atoms with Crippen LogP contribution in [0.5, 0.6) is 5.75 Å². The Bertz CT molecular complexity index is 420. The zero-order valence-electron chi connectivity index (χ0n) is 9.24. The van der Waals surface area contributed by atoms with Crippen LogP contribution in [0.1, 0.15) is 19.3 Å². The molecule has 1 aliphatic heterocycles. The Balaban J connectivity index is 1.98. The Morgan fingerprint density at radius 1 is 1.50 bits per heavy atom. The second-order valence-corrected chi connectivity index (χ2v) is 5.21. The summed E-state index contributed by atoms with van der Waals surface area (Å²) in [5.41, 5.74) is 1.26. The predicted molar refractivity (Wildman–Crippen MR) is 62.1 cm³/mol. The van der Waals surface area contributed by atoms with Gasteiger partial charge >= 0.3 is 0 Å². The summed E-state index contributed by atoms with van der Waals surface area (Å²) in [6.07, 6.45) is 5.50. The summed E-state index contributed by atoms with van der Waals surface area (Å²) in [5.74, 6) is 0.683. The summed E-state index contributed by atoms with van der Waals surface area (Å²) < 4.78 is 5.83. The van der Waals surface area contributed by atoms with Crippen molar-refractivity contribution in [3.05, 3.63) is 11.3 Å². The van der Waals surface area contributed by atoms with Gasteiger partial charge in [-0.3, -0.25) is 0 Å². The summed E-state index contributed by atoms with van der Waals surface area (Å²) in [7, 11) is 2.06. The highest BCUT2D eigenvalue weighted by atomic mass is 35.5. The van der Waals surface area contributed by atoms with Crippen molar-refractivity contribution in [2.75, 3.05) is 25.1 Å². The van der Waals surface area contributed by atoms with Gasteiger partial charge in [0.05, 0.1) is 12.8 Å². The quantitative estimate of drug-likeness (QED) is 0.695. The number of hydrogen-bond donors (Lipinski definition) is 0. The SMILES string of the molecule is CN1CC2(CCC2)COc2c1cnnc2Cl. The molecule has 3 rings (SSSR count). The van der Waals surface area contributed by atoms with Gasteiger partial charge in [-0.15, -0.1) is 5.10 Å². The van der Waals surface area contributed by atoms with Gasteiger partial charge in [-0.1, -0.05) is 18.0 Å². The van der Waals surface area contributed by atoms with Crippen LogP contribution in [0.25, 0.3) is 0 Å². The second kappa shape index (κ2) is 3.48. The van der Waals surface area contributed by atoms with Crippen LogP contribution in [0.3, 0.4) is 0 Å². The first-order valence-corrected chi connectivity index (χ1v) is 5.93. The molecule has 4 nitrogen and oxygen atoms in total. The summed E-state index contributed by atoms with van der Waals surface area (Å²) in [5, 5.41) is 8.06. The minimum absolute atomic E-state index is 0.317. The van der Waals surface area contributed by atoms with Crippen molar-refractivity contribution in [2.24, 2.45) is 5.41 Å². The summed E-state index contributed by atoms with van der Waals surface area (Å²) in [6.45, 7) is 1.76. The van der Waals surface area contributed by atoms with Gasteiger partial charge in [-0.05, 0) is 12.8 Å². The van der Waals surface area contributed by atoms with E-state index < -0.39 is 0 Å². The summed E-state index contributed by atoms with van der Waals surface area (Å²) >= 11 is 6.01. The minimum atomic E-state index is 0.317. The van der Waals surface area contributed by atoms with E-state index in [1.165, 1.54) is 19.3 Å². The third kappa shape index (κ3) is 1.44. The maximum Gasteiger partial charge on any atom is 0.195 e. The van der Waals surface area contributed by atoms with E-state index in [0.717, 1.165) is 18.8 Å². The molecule has 1 aromatic heterocycles. The first-order chi connectivity index (χ1) is 7.70. The second-order valence-electron chi connectivity index (χ2n) is 4.85. The van der Waals surface area contributed by atoms with Crippen molar-refractivity contribution in [1.82, 2.24) is 10.2 Å². The maximum absolute atomic E-state index is 6.01. The molecule has 0 unspecified atom stereocenters. The number of anilines is 1. The average Bonchev–Trinajstić information content (AvgIpc) is 2.37. The average molecular weight is 240 g/mol. The molecule has 2 aliphatic rings. The molecule has 1 fully saturated rings. The smallest absolute Gasteiger partial charge is 0.195 e. The first-order valence-electron chi connectivity index (χ1n) is 5.55. The monoisotopic (exact) mass is 239 g/mol. The van der Waals surface area contributed by atoms with Crippen molar-refractivity contribution in [3.8, 4) is 5.75 Å². The van der Waals surface area contributed by atoms with Crippen LogP contribution in [0.15, 0.2) is 6.20 Å². The molecule has 1 saturated carbocycles. The Morgan fingerprint density at radius 3 is 3.00 bits per heavy atom. The molecule has 0 saturated heterocycles. The zero-order chi connectivity index (χ0) is 11.2. The van der Waals surface area contributed by atoms with Crippen LogP contribution in [-0.4, -0.2) is 30.4 Å². The molecule has 0 radical (unpaired) electrons. The molecular weight excluding hydrogens is 226 g/mol. The Hall–Kier alpha value is -1.03. The fourth-order valence-corrected chi connectivity index (χ4v) is 2.78. The van der Waals surface area contributed by atoms with E-state index in [2.05, 4.69) is 22.1 Å². The lowest BCUT2D eigenvalue weighted by Crippen LogP contribution is -2.43. The molecule has 1 spiro atoms. The van der Waals surface area contributed by atoms with Gasteiger partial charge in [0.25, 0.3) is 0 Å². The molecule has 0 amide bonds. The fraction of sp³-hybridized carbons (Fsp3) is 0.636. The van der Waals surface area contributed by atoms with Crippen molar-refractivity contribution >= 4 is 17.3 Å². The van der Waals surface area contributed by atoms with Crippen LogP contribution in [0.4, 0.5) is 5.69 Å². The molecule has 0 atom stereocenters. The highest BCUT2D eigenvalue weighted by Gasteiger charge is 2.41. The van der Waals surface area contributed by atoms with Crippen LogP contribution in [0.2, 0.25) is 5.15 Å². The van der Waals surface area contributed by atoms with Gasteiger partial charge in [0, 0.05) is 19.0 Å². The standard InChI is InChI=1S/C11H14ClN3O/c1-15-6-11(3-2-4-11)7-16-9-8(15)5-13-14-10(9)12/h5H,2-4,6-7H2,1H3. The van der Waals surface area contributed by atoms with Crippen molar-refractivity contribution in [2.45, 2.75) is 19.3 Å². The molecule has 86 valence electrons. The molecule has 0 bridgehead atoms. The van der Waals surface area contributed by atoms with E-state index in [4.69, 9.17) is 16.3 Å². The Kier molecular flexibility index (Phi) is 2.21. The van der Waals surface area contributed by atoms with Crippen LogP contribution in [-0.2, 0) is 0 Å². The van der Waals surface area contributed by atoms with Crippen LogP contribution in [0, 0.1) is 5.41 Å². The number of rotatable bonds is 0. The molecule has 16 heavy (non-hydrogen) atoms. The largest absolute Gasteiger partial charge is 0.487 e. The number of hydrogen-bond acceptors (Lipinski definition) is 4. The lowest BCUT2D eigenvalue weighted by Gasteiger charge is -2.42. The van der Waals surface area contributed by atoms with E-state index in [9.17, 15) is 0 Å². The molecule has 5 heteroatoms. The molecule has 0 N–H and O–H groups in total. The number of ether oxygens (including phenoxy) is 1. The van der Waals surface area contributed by atoms with Gasteiger partial charge < -0.3 is 9.64 Å². The molecule has 0 aromatic carbocycles. The van der Waals surface area contributed by atoms with Crippen LogP contribution < -0.4 is 9.64 Å². The number of nitrogens with zero attached hydrogens (tertiary/aromatic N) is 3. The van der Waals surface area contributed by atoms with E-state index >= 15 is 0 Å². The van der Waals surface area contributed by atoms with Crippen molar-refractivity contribution in [3.63, 3.8) is 0 Å². The lowest BCUT2D eigenvalue weighted by atomic mass is 9.69. The third-order valence-corrected chi connectivity index (χ3v) is 3.91. The van der Waals surface area contributed by atoms with E-state index in [-0.39, 0.29) is 0 Å². The Morgan fingerprint density at radius 2 is 2.31 bits per heavy atom. The molecular formula is C11H14ClN3O. The highest BCUT2D eigenvalue weighted by molar-refractivity contribution is 6.31. The van der Waals surface area contributed by atoms with Gasteiger partial charge in [0.2, 0.25) is 0 Å². The first kappa shape index (κ1) is 10.1. The van der Waals surface area contributed by atoms with Gasteiger partial charge in [-0.25, -0.2) is 0 Å². The van der Waals surface area contributed by atoms with Crippen LogP contribution >= 0.6 is 11.6 Å². The van der Waals surface area contributed by atoms with Gasteiger partial charge in [0.1, 0.15) is 5.69 Å². The van der Waals surface area contributed by atoms with E-state index in [1.807, 2.05) is 0 Å². The summed E-state index contributed by atoms with van der Waals surface area (Å²) in [6, 6.07) is 0. The van der Waals surface area contributed by atoms with Crippen molar-refractivity contribution < 1.29 is 4.74 Å². The fourth-order valence-electron chi connectivity index (χ4n) is 2.59. The minimum Gasteiger partial charge on any atom is -0.487 e. The third-order valence-electron chi connectivity index (χ3n) is 3.67. The molecule has 1 aromatic rings. The maximum atomic E-state index is 6.01. The predicted octanol–water partition coefficient (Wildman–Crippen LogP) is 2.13. The topological polar surface area (TPSA) is 38.2 Å². The van der Waals surface area contributed by atoms with Crippen molar-refractivity contribution in [1.29, 1.82) is 0 Å².